The molecule has 0 saturated carbocycles. The second-order valence-electron chi connectivity index (χ2n) is 12.3. The van der Waals surface area contributed by atoms with Crippen molar-refractivity contribution in [2.45, 2.75) is 39.0 Å². The van der Waals surface area contributed by atoms with Crippen molar-refractivity contribution in [3.63, 3.8) is 0 Å². The van der Waals surface area contributed by atoms with Crippen LogP contribution in [0.4, 0.5) is 0 Å². The summed E-state index contributed by atoms with van der Waals surface area (Å²) < 4.78 is 6.73. The molecule has 0 unspecified atom stereocenters. The van der Waals surface area contributed by atoms with Crippen LogP contribution < -0.4 is 0 Å². The Morgan fingerprint density at radius 2 is 1.40 bits per heavy atom. The molecular weight excluding hydrogens is 520 g/mol. The largest absolute Gasteiger partial charge is 0.455 e. The molecule has 6 aromatic carbocycles. The summed E-state index contributed by atoms with van der Waals surface area (Å²) in [5.74, 6) is 0. The van der Waals surface area contributed by atoms with Crippen LogP contribution in [0.2, 0.25) is 0 Å². The molecule has 0 bridgehead atoms. The molecule has 0 radical (unpaired) electrons. The molecule has 0 N–H and O–H groups in total. The summed E-state index contributed by atoms with van der Waals surface area (Å²) >= 11 is 0. The maximum absolute atomic E-state index is 6.73. The number of fused-ring (bicyclic) bond motifs is 8. The second-order valence-corrected chi connectivity index (χ2v) is 12.3. The van der Waals surface area contributed by atoms with Gasteiger partial charge >= 0.3 is 0 Å². The van der Waals surface area contributed by atoms with Gasteiger partial charge in [-0.2, -0.15) is 0 Å². The van der Waals surface area contributed by atoms with E-state index in [1.807, 2.05) is 0 Å². The molecule has 1 aromatic heterocycles. The first-order valence-electron chi connectivity index (χ1n) is 15.6. The second kappa shape index (κ2) is 9.57. The lowest BCUT2D eigenvalue weighted by atomic mass is 9.76. The third kappa shape index (κ3) is 3.71. The Morgan fingerprint density at radius 3 is 2.26 bits per heavy atom. The molecule has 43 heavy (non-hydrogen) atoms. The van der Waals surface area contributed by atoms with Gasteiger partial charge in [-0.1, -0.05) is 103 Å². The highest BCUT2D eigenvalue weighted by Crippen LogP contribution is 2.49. The maximum atomic E-state index is 6.73. The highest BCUT2D eigenvalue weighted by molar-refractivity contribution is 6.19. The lowest BCUT2D eigenvalue weighted by Gasteiger charge is -2.27. The van der Waals surface area contributed by atoms with Crippen molar-refractivity contribution in [2.75, 3.05) is 0 Å². The Hall–Kier alpha value is -4.88. The Bertz CT molecular complexity index is 2320. The van der Waals surface area contributed by atoms with Gasteiger partial charge in [-0.05, 0) is 117 Å². The molecule has 2 aliphatic carbocycles. The quantitative estimate of drug-likeness (QED) is 0.208. The predicted molar refractivity (Wildman–Crippen MR) is 183 cm³/mol. The monoisotopic (exact) mass is 552 g/mol. The summed E-state index contributed by atoms with van der Waals surface area (Å²) in [6.45, 7) is 2.28. The van der Waals surface area contributed by atoms with Crippen LogP contribution in [0.25, 0.3) is 71.8 Å². The van der Waals surface area contributed by atoms with Gasteiger partial charge in [0.2, 0.25) is 0 Å². The summed E-state index contributed by atoms with van der Waals surface area (Å²) in [5, 5.41) is 7.74. The van der Waals surface area contributed by atoms with Gasteiger partial charge in [0.05, 0.1) is 0 Å². The lowest BCUT2D eigenvalue weighted by Crippen LogP contribution is -2.08. The summed E-state index contributed by atoms with van der Waals surface area (Å²) in [4.78, 5) is 0. The number of hydrogen-bond acceptors (Lipinski definition) is 1. The van der Waals surface area contributed by atoms with Gasteiger partial charge in [0.15, 0.2) is 0 Å². The van der Waals surface area contributed by atoms with Crippen molar-refractivity contribution >= 4 is 49.6 Å². The van der Waals surface area contributed by atoms with Crippen molar-refractivity contribution in [1.29, 1.82) is 0 Å². The van der Waals surface area contributed by atoms with Crippen molar-refractivity contribution < 1.29 is 4.42 Å². The number of hydrogen-bond donors (Lipinski definition) is 0. The van der Waals surface area contributed by atoms with Gasteiger partial charge in [0.25, 0.3) is 0 Å². The highest BCUT2D eigenvalue weighted by Gasteiger charge is 2.27. The van der Waals surface area contributed by atoms with E-state index in [0.717, 1.165) is 30.4 Å². The fraction of sp³-hybridized carbons (Fsp3) is 0.143. The Labute approximate surface area is 251 Å². The van der Waals surface area contributed by atoms with Gasteiger partial charge in [-0.15, -0.1) is 0 Å². The van der Waals surface area contributed by atoms with Gasteiger partial charge in [-0.25, -0.2) is 0 Å². The van der Waals surface area contributed by atoms with Gasteiger partial charge in [-0.3, -0.25) is 0 Å². The van der Waals surface area contributed by atoms with E-state index < -0.39 is 0 Å². The van der Waals surface area contributed by atoms with Crippen molar-refractivity contribution in [3.05, 3.63) is 137 Å². The van der Waals surface area contributed by atoms with Crippen LogP contribution in [0.15, 0.2) is 114 Å². The zero-order valence-corrected chi connectivity index (χ0v) is 24.4. The van der Waals surface area contributed by atoms with E-state index >= 15 is 0 Å². The third-order valence-corrected chi connectivity index (χ3v) is 9.82. The van der Waals surface area contributed by atoms with Crippen LogP contribution in [0.1, 0.15) is 40.7 Å². The van der Waals surface area contributed by atoms with Crippen LogP contribution >= 0.6 is 0 Å². The molecule has 9 rings (SSSR count). The molecule has 206 valence electrons. The Balaban J connectivity index is 1.40. The number of rotatable bonds is 2. The van der Waals surface area contributed by atoms with E-state index in [9.17, 15) is 0 Å². The minimum atomic E-state index is 0.926. The molecule has 1 heteroatoms. The smallest absolute Gasteiger partial charge is 0.142 e. The molecule has 7 aromatic rings. The van der Waals surface area contributed by atoms with E-state index in [1.54, 1.807) is 0 Å². The molecule has 2 aliphatic rings. The van der Waals surface area contributed by atoms with Crippen molar-refractivity contribution in [3.8, 4) is 22.3 Å². The van der Waals surface area contributed by atoms with Gasteiger partial charge < -0.3 is 4.42 Å². The van der Waals surface area contributed by atoms with Crippen LogP contribution in [-0.2, 0) is 19.3 Å². The van der Waals surface area contributed by atoms with Crippen molar-refractivity contribution in [2.24, 2.45) is 0 Å². The molecule has 0 saturated heterocycles. The first kappa shape index (κ1) is 24.7. The molecule has 1 nitrogen and oxygen atoms in total. The average molecular weight is 553 g/mol. The van der Waals surface area contributed by atoms with E-state index in [4.69, 9.17) is 4.42 Å². The van der Waals surface area contributed by atoms with Gasteiger partial charge in [0.1, 0.15) is 11.2 Å². The first-order valence-corrected chi connectivity index (χ1v) is 15.6. The number of furan rings is 1. The number of allylic oxidation sites excluding steroid dienone is 3. The fourth-order valence-corrected chi connectivity index (χ4v) is 7.87. The van der Waals surface area contributed by atoms with E-state index in [-0.39, 0.29) is 0 Å². The van der Waals surface area contributed by atoms with E-state index in [2.05, 4.69) is 122 Å². The lowest BCUT2D eigenvalue weighted by molar-refractivity contribution is 0.667. The Morgan fingerprint density at radius 1 is 0.628 bits per heavy atom. The van der Waals surface area contributed by atoms with Crippen molar-refractivity contribution in [1.82, 2.24) is 0 Å². The van der Waals surface area contributed by atoms with Crippen LogP contribution in [0.3, 0.4) is 0 Å². The molecule has 0 atom stereocenters. The topological polar surface area (TPSA) is 13.1 Å². The minimum absolute atomic E-state index is 0.926. The van der Waals surface area contributed by atoms with Gasteiger partial charge in [0, 0.05) is 16.3 Å². The minimum Gasteiger partial charge on any atom is -0.455 e. The Kier molecular flexibility index (Phi) is 5.50. The average Bonchev–Trinajstić information content (AvgIpc) is 3.25. The summed E-state index contributed by atoms with van der Waals surface area (Å²) in [6, 6.07) is 33.9. The molecule has 0 spiro atoms. The maximum Gasteiger partial charge on any atom is 0.142 e. The molecule has 0 fully saturated rings. The zero-order valence-electron chi connectivity index (χ0n) is 24.4. The highest BCUT2D eigenvalue weighted by atomic mass is 16.3. The summed E-state index contributed by atoms with van der Waals surface area (Å²) in [6.07, 6.45) is 14.3. The SMILES string of the molecule is Cc1ccc2oc3c4c(ccc3c2c1-c1c2c(c(-c3ccc5ccccc5c3)c3ccccc13)CCCC2)CC=CC=C4. The summed E-state index contributed by atoms with van der Waals surface area (Å²) in [5.41, 5.74) is 14.4. The third-order valence-electron chi connectivity index (χ3n) is 9.82. The summed E-state index contributed by atoms with van der Waals surface area (Å²) in [7, 11) is 0. The predicted octanol–water partition coefficient (Wildman–Crippen LogP) is 11.5. The molecular formula is C42H32O. The molecule has 0 amide bonds. The molecule has 1 heterocycles. The first-order chi connectivity index (χ1) is 21.3. The van der Waals surface area contributed by atoms with Crippen LogP contribution in [-0.4, -0.2) is 0 Å². The van der Waals surface area contributed by atoms with E-state index in [1.165, 1.54) is 95.2 Å². The standard InChI is InChI=1S/C42H32O/c1-26-19-24-37-41(36-23-22-28-12-3-2-4-14-31(28)42(36)43-37)38(26)40-34-17-9-7-15-32(34)39(33-16-8-10-18-35(33)40)30-21-20-27-11-5-6-13-29(27)25-30/h2-7,9,11,13-15,17,19-25H,8,10,12,16,18H2,1H3. The van der Waals surface area contributed by atoms with E-state index in [0.29, 0.717) is 0 Å². The van der Waals surface area contributed by atoms with Crippen LogP contribution in [0, 0.1) is 6.92 Å². The number of benzene rings is 6. The molecule has 0 aliphatic heterocycles. The van der Waals surface area contributed by atoms with Crippen LogP contribution in [0.5, 0.6) is 0 Å². The number of aryl methyl sites for hydroxylation is 1. The fourth-order valence-electron chi connectivity index (χ4n) is 7.87. The normalized spacial score (nSPS) is 14.4. The zero-order chi connectivity index (χ0) is 28.5.